The molecule has 0 aromatic heterocycles. The fourth-order valence-electron chi connectivity index (χ4n) is 1.04. The Bertz CT molecular complexity index is 325. The number of rotatable bonds is 1. The Morgan fingerprint density at radius 3 is 2.27 bits per heavy atom. The highest BCUT2D eigenvalue weighted by atomic mass is 16.5. The molecule has 54 valence electrons. The first kappa shape index (κ1) is 6.16. The number of benzene rings is 1. The highest BCUT2D eigenvalue weighted by molar-refractivity contribution is 6.10. The summed E-state index contributed by atoms with van der Waals surface area (Å²) in [5, 5.41) is 10.5. The Labute approximate surface area is 64.7 Å². The predicted octanol–water partition coefficient (Wildman–Crippen LogP) is 1.62. The first-order valence-electron chi connectivity index (χ1n) is 3.44. The average Bonchev–Trinajstić information content (AvgIpc) is 2.01. The molecule has 0 atom stereocenters. The van der Waals surface area contributed by atoms with E-state index in [1.807, 2.05) is 30.3 Å². The fourth-order valence-corrected chi connectivity index (χ4v) is 1.04. The fraction of sp³-hybridized carbons (Fsp3) is 0. The van der Waals surface area contributed by atoms with Crippen molar-refractivity contribution in [1.29, 1.82) is 0 Å². The second kappa shape index (κ2) is 2.23. The molecule has 0 spiro atoms. The number of hydrogen-bond acceptors (Lipinski definition) is 1. The standard InChI is InChI=1S/C9H7NO/c11-10-6-9(7-10)8-4-2-1-3-5-8/h1-7H. The molecule has 1 aliphatic rings. The summed E-state index contributed by atoms with van der Waals surface area (Å²) in [5.74, 6) is 0. The summed E-state index contributed by atoms with van der Waals surface area (Å²) < 4.78 is 0.808. The lowest BCUT2D eigenvalue weighted by atomic mass is 10.1. The van der Waals surface area contributed by atoms with Gasteiger partial charge in [-0.3, -0.25) is 0 Å². The van der Waals surface area contributed by atoms with E-state index in [0.29, 0.717) is 0 Å². The second-order valence-electron chi connectivity index (χ2n) is 2.44. The van der Waals surface area contributed by atoms with Gasteiger partial charge in [0.05, 0.1) is 0 Å². The average molecular weight is 145 g/mol. The van der Waals surface area contributed by atoms with Gasteiger partial charge in [0.1, 0.15) is 5.57 Å². The van der Waals surface area contributed by atoms with E-state index in [1.165, 1.54) is 0 Å². The van der Waals surface area contributed by atoms with Crippen molar-refractivity contribution in [2.75, 3.05) is 0 Å². The number of hydrogen-bond donors (Lipinski definition) is 0. The summed E-state index contributed by atoms with van der Waals surface area (Å²) in [6.45, 7) is 0. The smallest absolute Gasteiger partial charge is 0.194 e. The molecule has 11 heavy (non-hydrogen) atoms. The van der Waals surface area contributed by atoms with Crippen LogP contribution in [0.4, 0.5) is 0 Å². The van der Waals surface area contributed by atoms with Crippen LogP contribution in [0.5, 0.6) is 0 Å². The van der Waals surface area contributed by atoms with Crippen molar-refractivity contribution in [2.45, 2.75) is 0 Å². The zero-order valence-electron chi connectivity index (χ0n) is 5.90. The molecule has 2 nitrogen and oxygen atoms in total. The highest BCUT2D eigenvalue weighted by Crippen LogP contribution is 2.15. The number of hydroxylamine groups is 1. The molecular weight excluding hydrogens is 138 g/mol. The Balaban J connectivity index is 2.27. The SMILES string of the molecule is [O-][N+]1=CC(c2ccccc2)=C1. The van der Waals surface area contributed by atoms with Crippen LogP contribution in [-0.2, 0) is 0 Å². The summed E-state index contributed by atoms with van der Waals surface area (Å²) in [6.07, 6.45) is 3.13. The molecule has 0 N–H and O–H groups in total. The summed E-state index contributed by atoms with van der Waals surface area (Å²) in [4.78, 5) is 0. The van der Waals surface area contributed by atoms with E-state index in [4.69, 9.17) is 0 Å². The Hall–Kier alpha value is -1.57. The van der Waals surface area contributed by atoms with Gasteiger partial charge in [0.2, 0.25) is 0 Å². The van der Waals surface area contributed by atoms with Crippen LogP contribution in [0, 0.1) is 5.21 Å². The summed E-state index contributed by atoms with van der Waals surface area (Å²) in [6, 6.07) is 9.83. The van der Waals surface area contributed by atoms with E-state index in [1.54, 1.807) is 12.4 Å². The van der Waals surface area contributed by atoms with Gasteiger partial charge < -0.3 is 5.21 Å². The van der Waals surface area contributed by atoms with Crippen LogP contribution >= 0.6 is 0 Å². The molecule has 1 aliphatic heterocycles. The van der Waals surface area contributed by atoms with Crippen molar-refractivity contribution in [3.63, 3.8) is 0 Å². The molecule has 0 unspecified atom stereocenters. The lowest BCUT2D eigenvalue weighted by Crippen LogP contribution is -2.08. The van der Waals surface area contributed by atoms with Gasteiger partial charge in [0.15, 0.2) is 12.4 Å². The van der Waals surface area contributed by atoms with Crippen molar-refractivity contribution >= 4 is 11.8 Å². The first-order valence-corrected chi connectivity index (χ1v) is 3.44. The monoisotopic (exact) mass is 145 g/mol. The molecule has 0 fully saturated rings. The third-order valence-corrected chi connectivity index (χ3v) is 1.64. The second-order valence-corrected chi connectivity index (χ2v) is 2.44. The minimum atomic E-state index is 0.808. The van der Waals surface area contributed by atoms with Crippen molar-refractivity contribution in [1.82, 2.24) is 0 Å². The molecule has 0 aliphatic carbocycles. The largest absolute Gasteiger partial charge is 0.619 e. The van der Waals surface area contributed by atoms with E-state index in [2.05, 4.69) is 0 Å². The Morgan fingerprint density at radius 1 is 1.09 bits per heavy atom. The van der Waals surface area contributed by atoms with E-state index in [9.17, 15) is 5.21 Å². The van der Waals surface area contributed by atoms with Crippen molar-refractivity contribution in [3.05, 3.63) is 47.3 Å². The van der Waals surface area contributed by atoms with Crippen molar-refractivity contribution in [2.24, 2.45) is 0 Å². The van der Waals surface area contributed by atoms with Crippen LogP contribution in [-0.4, -0.2) is 11.0 Å². The van der Waals surface area contributed by atoms with Gasteiger partial charge in [-0.2, -0.15) is 4.74 Å². The minimum absolute atomic E-state index is 0.808. The molecule has 1 aromatic carbocycles. The zero-order valence-corrected chi connectivity index (χ0v) is 5.90. The van der Waals surface area contributed by atoms with Gasteiger partial charge in [-0.25, -0.2) is 0 Å². The molecule has 0 saturated carbocycles. The third kappa shape index (κ3) is 1.03. The Kier molecular flexibility index (Phi) is 1.25. The highest BCUT2D eigenvalue weighted by Gasteiger charge is 2.12. The zero-order chi connectivity index (χ0) is 7.68. The molecular formula is C9H7NO. The van der Waals surface area contributed by atoms with E-state index < -0.39 is 0 Å². The number of allylic oxidation sites excluding steroid dienone is 1. The normalized spacial score (nSPS) is 14.9. The Morgan fingerprint density at radius 2 is 1.73 bits per heavy atom. The van der Waals surface area contributed by atoms with Crippen LogP contribution in [0.3, 0.4) is 0 Å². The van der Waals surface area contributed by atoms with E-state index >= 15 is 0 Å². The van der Waals surface area contributed by atoms with Gasteiger partial charge >= 0.3 is 0 Å². The molecule has 2 heteroatoms. The van der Waals surface area contributed by atoms with Gasteiger partial charge in [0, 0.05) is 0 Å². The molecule has 1 heterocycles. The van der Waals surface area contributed by atoms with Crippen LogP contribution in [0.25, 0.3) is 5.57 Å². The molecule has 1 aromatic rings. The van der Waals surface area contributed by atoms with Gasteiger partial charge in [-0.15, -0.1) is 0 Å². The first-order chi connectivity index (χ1) is 5.36. The molecule has 2 rings (SSSR count). The number of nitrogens with zero attached hydrogens (tertiary/aromatic N) is 1. The summed E-state index contributed by atoms with van der Waals surface area (Å²) in [7, 11) is 0. The van der Waals surface area contributed by atoms with Crippen LogP contribution in [0.1, 0.15) is 5.56 Å². The van der Waals surface area contributed by atoms with Crippen LogP contribution < -0.4 is 0 Å². The third-order valence-electron chi connectivity index (χ3n) is 1.64. The van der Waals surface area contributed by atoms with Gasteiger partial charge in [0.25, 0.3) is 0 Å². The molecule has 0 bridgehead atoms. The maximum Gasteiger partial charge on any atom is 0.194 e. The van der Waals surface area contributed by atoms with Crippen molar-refractivity contribution < 1.29 is 4.74 Å². The van der Waals surface area contributed by atoms with Crippen molar-refractivity contribution in [3.8, 4) is 0 Å². The molecule has 0 amide bonds. The van der Waals surface area contributed by atoms with E-state index in [-0.39, 0.29) is 0 Å². The van der Waals surface area contributed by atoms with Crippen LogP contribution in [0.2, 0.25) is 0 Å². The predicted molar refractivity (Wildman–Crippen MR) is 44.1 cm³/mol. The minimum Gasteiger partial charge on any atom is -0.619 e. The quantitative estimate of drug-likeness (QED) is 0.435. The summed E-state index contributed by atoms with van der Waals surface area (Å²) in [5.41, 5.74) is 2.10. The molecule has 0 radical (unpaired) electrons. The topological polar surface area (TPSA) is 26.1 Å². The lowest BCUT2D eigenvalue weighted by Gasteiger charge is -2.08. The lowest BCUT2D eigenvalue weighted by molar-refractivity contribution is -0.380. The molecule has 0 saturated heterocycles. The van der Waals surface area contributed by atoms with Gasteiger partial charge in [-0.05, 0) is 5.56 Å². The van der Waals surface area contributed by atoms with Gasteiger partial charge in [-0.1, -0.05) is 30.3 Å². The maximum atomic E-state index is 10.5. The van der Waals surface area contributed by atoms with E-state index in [0.717, 1.165) is 15.9 Å². The summed E-state index contributed by atoms with van der Waals surface area (Å²) >= 11 is 0. The van der Waals surface area contributed by atoms with Crippen LogP contribution in [0.15, 0.2) is 36.5 Å². The maximum absolute atomic E-state index is 10.5.